The number of carbonyl (C=O) groups is 3. The van der Waals surface area contributed by atoms with E-state index in [1.807, 2.05) is 0 Å². The molecule has 2 rings (SSSR count). The van der Waals surface area contributed by atoms with Crippen molar-refractivity contribution >= 4 is 29.4 Å². The van der Waals surface area contributed by atoms with Crippen LogP contribution in [0.2, 0.25) is 5.02 Å². The fourth-order valence-corrected chi connectivity index (χ4v) is 2.48. The van der Waals surface area contributed by atoms with Crippen LogP contribution in [0.15, 0.2) is 18.2 Å². The molecule has 0 bridgehead atoms. The van der Waals surface area contributed by atoms with Crippen LogP contribution >= 0.6 is 11.6 Å². The third-order valence-electron chi connectivity index (χ3n) is 3.39. The van der Waals surface area contributed by atoms with E-state index in [4.69, 9.17) is 16.7 Å². The monoisotopic (exact) mass is 310 g/mol. The molecule has 112 valence electrons. The Balaban J connectivity index is 2.32. The van der Waals surface area contributed by atoms with E-state index in [1.54, 1.807) is 19.1 Å². The average Bonchev–Trinajstić information content (AvgIpc) is 2.42. The second-order valence-electron chi connectivity index (χ2n) is 4.86. The molecule has 0 spiro atoms. The quantitative estimate of drug-likeness (QED) is 0.874. The van der Waals surface area contributed by atoms with Gasteiger partial charge in [0, 0.05) is 23.7 Å². The Hall–Kier alpha value is -2.08. The molecule has 21 heavy (non-hydrogen) atoms. The summed E-state index contributed by atoms with van der Waals surface area (Å²) in [4.78, 5) is 36.6. The summed E-state index contributed by atoms with van der Waals surface area (Å²) in [5.74, 6) is -1.95. The van der Waals surface area contributed by atoms with Crippen LogP contribution in [0.5, 0.6) is 0 Å². The molecule has 1 aliphatic heterocycles. The summed E-state index contributed by atoms with van der Waals surface area (Å²) in [6.45, 7) is 2.34. The highest BCUT2D eigenvalue weighted by molar-refractivity contribution is 6.31. The van der Waals surface area contributed by atoms with Gasteiger partial charge in [-0.15, -0.1) is 0 Å². The molecule has 0 radical (unpaired) electrons. The van der Waals surface area contributed by atoms with Gasteiger partial charge >= 0.3 is 5.97 Å². The van der Waals surface area contributed by atoms with Gasteiger partial charge in [0.05, 0.1) is 6.42 Å². The van der Waals surface area contributed by atoms with Gasteiger partial charge in [0.1, 0.15) is 6.04 Å². The van der Waals surface area contributed by atoms with Crippen LogP contribution in [0.4, 0.5) is 0 Å². The van der Waals surface area contributed by atoms with Crippen molar-refractivity contribution in [2.24, 2.45) is 0 Å². The van der Waals surface area contributed by atoms with Crippen molar-refractivity contribution in [3.05, 3.63) is 34.3 Å². The molecule has 1 heterocycles. The van der Waals surface area contributed by atoms with E-state index in [1.165, 1.54) is 11.0 Å². The Morgan fingerprint density at radius 3 is 2.86 bits per heavy atom. The smallest absolute Gasteiger partial charge is 0.305 e. The van der Waals surface area contributed by atoms with Gasteiger partial charge in [-0.2, -0.15) is 0 Å². The first-order chi connectivity index (χ1) is 9.90. The Bertz CT molecular complexity index is 603. The van der Waals surface area contributed by atoms with Gasteiger partial charge in [-0.05, 0) is 24.6 Å². The zero-order chi connectivity index (χ0) is 15.6. The van der Waals surface area contributed by atoms with Gasteiger partial charge in [-0.1, -0.05) is 17.7 Å². The largest absolute Gasteiger partial charge is 0.481 e. The van der Waals surface area contributed by atoms with Gasteiger partial charge in [-0.3, -0.25) is 14.4 Å². The van der Waals surface area contributed by atoms with E-state index in [9.17, 15) is 14.4 Å². The van der Waals surface area contributed by atoms with Gasteiger partial charge in [0.2, 0.25) is 5.91 Å². The van der Waals surface area contributed by atoms with Crippen molar-refractivity contribution < 1.29 is 19.5 Å². The van der Waals surface area contributed by atoms with Gasteiger partial charge in [0.15, 0.2) is 0 Å². The second-order valence-corrected chi connectivity index (χ2v) is 5.30. The topological polar surface area (TPSA) is 86.7 Å². The molecule has 0 aliphatic carbocycles. The fraction of sp³-hybridized carbons (Fsp3) is 0.357. The number of carboxylic acid groups (broad SMARTS) is 1. The minimum absolute atomic E-state index is 0.272. The Morgan fingerprint density at radius 2 is 2.19 bits per heavy atom. The van der Waals surface area contributed by atoms with E-state index in [-0.39, 0.29) is 12.5 Å². The maximum absolute atomic E-state index is 12.6. The highest BCUT2D eigenvalue weighted by Crippen LogP contribution is 2.20. The van der Waals surface area contributed by atoms with E-state index in [2.05, 4.69) is 5.32 Å². The number of carboxylic acids is 1. The lowest BCUT2D eigenvalue weighted by Crippen LogP contribution is -2.57. The van der Waals surface area contributed by atoms with Crippen molar-refractivity contribution in [1.82, 2.24) is 10.2 Å². The second kappa shape index (κ2) is 6.13. The zero-order valence-electron chi connectivity index (χ0n) is 11.4. The molecule has 0 saturated carbocycles. The third-order valence-corrected chi connectivity index (χ3v) is 3.62. The van der Waals surface area contributed by atoms with Gasteiger partial charge < -0.3 is 15.3 Å². The van der Waals surface area contributed by atoms with Crippen LogP contribution < -0.4 is 5.32 Å². The highest BCUT2D eigenvalue weighted by Gasteiger charge is 2.35. The SMILES string of the molecule is Cc1ccc(Cl)cc1C(=O)N1CCNC(=O)C1CC(=O)O. The van der Waals surface area contributed by atoms with Crippen LogP contribution in [0.3, 0.4) is 0 Å². The van der Waals surface area contributed by atoms with E-state index >= 15 is 0 Å². The third kappa shape index (κ3) is 3.33. The molecule has 0 aromatic heterocycles. The number of hydrogen-bond donors (Lipinski definition) is 2. The number of piperazine rings is 1. The van der Waals surface area contributed by atoms with Crippen molar-refractivity contribution in [2.75, 3.05) is 13.1 Å². The molecule has 2 N–H and O–H groups in total. The zero-order valence-corrected chi connectivity index (χ0v) is 12.2. The number of carbonyl (C=O) groups excluding carboxylic acids is 2. The maximum Gasteiger partial charge on any atom is 0.305 e. The number of halogens is 1. The Kier molecular flexibility index (Phi) is 4.47. The van der Waals surface area contributed by atoms with Gasteiger partial charge in [-0.25, -0.2) is 0 Å². The minimum atomic E-state index is -1.13. The van der Waals surface area contributed by atoms with E-state index in [0.717, 1.165) is 5.56 Å². The molecule has 1 aliphatic rings. The summed E-state index contributed by atoms with van der Waals surface area (Å²) in [5.41, 5.74) is 1.11. The first-order valence-electron chi connectivity index (χ1n) is 6.47. The van der Waals surface area contributed by atoms with Crippen molar-refractivity contribution in [2.45, 2.75) is 19.4 Å². The predicted octanol–water partition coefficient (Wildman–Crippen LogP) is 1.06. The first kappa shape index (κ1) is 15.3. The number of amides is 2. The number of aliphatic carboxylic acids is 1. The highest BCUT2D eigenvalue weighted by atomic mass is 35.5. The summed E-state index contributed by atoms with van der Waals surface area (Å²) < 4.78 is 0. The average molecular weight is 311 g/mol. The number of aryl methyl sites for hydroxylation is 1. The van der Waals surface area contributed by atoms with E-state index in [0.29, 0.717) is 17.1 Å². The summed E-state index contributed by atoms with van der Waals surface area (Å²) in [6.07, 6.45) is -0.419. The number of nitrogens with one attached hydrogen (secondary N) is 1. The molecular formula is C14H15ClN2O4. The van der Waals surface area contributed by atoms with Crippen LogP contribution in [0.1, 0.15) is 22.3 Å². The fourth-order valence-electron chi connectivity index (χ4n) is 2.31. The molecule has 1 saturated heterocycles. The van der Waals surface area contributed by atoms with Crippen LogP contribution in [0.25, 0.3) is 0 Å². The van der Waals surface area contributed by atoms with Crippen LogP contribution in [-0.4, -0.2) is 46.9 Å². The minimum Gasteiger partial charge on any atom is -0.481 e. The molecule has 6 nitrogen and oxygen atoms in total. The van der Waals surface area contributed by atoms with Gasteiger partial charge in [0.25, 0.3) is 5.91 Å². The molecule has 1 aromatic carbocycles. The summed E-state index contributed by atoms with van der Waals surface area (Å²) in [5, 5.41) is 11.9. The molecule has 1 atom stereocenters. The van der Waals surface area contributed by atoms with Crippen molar-refractivity contribution in [1.29, 1.82) is 0 Å². The lowest BCUT2D eigenvalue weighted by atomic mass is 10.0. The van der Waals surface area contributed by atoms with Crippen molar-refractivity contribution in [3.8, 4) is 0 Å². The van der Waals surface area contributed by atoms with Crippen LogP contribution in [0, 0.1) is 6.92 Å². The maximum atomic E-state index is 12.6. The molecule has 1 unspecified atom stereocenters. The summed E-state index contributed by atoms with van der Waals surface area (Å²) in [7, 11) is 0. The number of benzene rings is 1. The lowest BCUT2D eigenvalue weighted by molar-refractivity contribution is -0.142. The molecule has 2 amide bonds. The number of hydrogen-bond acceptors (Lipinski definition) is 3. The molecule has 1 aromatic rings. The standard InChI is InChI=1S/C14H15ClN2O4/c1-8-2-3-9(15)6-10(8)14(21)17-5-4-16-13(20)11(17)7-12(18)19/h2-3,6,11H,4-5,7H2,1H3,(H,16,20)(H,18,19). The summed E-state index contributed by atoms with van der Waals surface area (Å²) >= 11 is 5.91. The normalized spacial score (nSPS) is 18.3. The first-order valence-corrected chi connectivity index (χ1v) is 6.84. The van der Waals surface area contributed by atoms with Crippen LogP contribution in [-0.2, 0) is 9.59 Å². The molecule has 1 fully saturated rings. The van der Waals surface area contributed by atoms with E-state index < -0.39 is 24.3 Å². The molecule has 7 heteroatoms. The lowest BCUT2D eigenvalue weighted by Gasteiger charge is -2.34. The Labute approximate surface area is 126 Å². The predicted molar refractivity (Wildman–Crippen MR) is 76.3 cm³/mol. The molecular weight excluding hydrogens is 296 g/mol. The van der Waals surface area contributed by atoms with Crippen molar-refractivity contribution in [3.63, 3.8) is 0 Å². The summed E-state index contributed by atoms with van der Waals surface area (Å²) in [6, 6.07) is 3.92. The number of rotatable bonds is 3. The number of nitrogens with zero attached hydrogens (tertiary/aromatic N) is 1. The Morgan fingerprint density at radius 1 is 1.48 bits per heavy atom.